The van der Waals surface area contributed by atoms with Crippen molar-refractivity contribution in [3.63, 3.8) is 0 Å². The highest BCUT2D eigenvalue weighted by Crippen LogP contribution is 2.22. The van der Waals surface area contributed by atoms with E-state index in [0.717, 1.165) is 10.0 Å². The zero-order valence-corrected chi connectivity index (χ0v) is 8.76. The molecule has 12 heavy (non-hydrogen) atoms. The van der Waals surface area contributed by atoms with Crippen molar-refractivity contribution in [3.05, 3.63) is 34.3 Å². The molecule has 1 N–H and O–H groups in total. The highest BCUT2D eigenvalue weighted by atomic mass is 79.9. The van der Waals surface area contributed by atoms with Gasteiger partial charge in [-0.1, -0.05) is 34.1 Å². The maximum atomic E-state index is 5.23. The van der Waals surface area contributed by atoms with Gasteiger partial charge in [-0.2, -0.15) is 0 Å². The van der Waals surface area contributed by atoms with Gasteiger partial charge >= 0.3 is 0 Å². The topological polar surface area (TPSA) is 21.3 Å². The Morgan fingerprint density at radius 2 is 2.08 bits per heavy atom. The van der Waals surface area contributed by atoms with Crippen LogP contribution in [0.2, 0.25) is 0 Å². The summed E-state index contributed by atoms with van der Waals surface area (Å²) in [4.78, 5) is 0. The number of hydrogen-bond acceptors (Lipinski definition) is 2. The molecule has 0 heterocycles. The largest absolute Gasteiger partial charge is 0.362 e. The second-order valence-electron chi connectivity index (χ2n) is 2.43. The first-order chi connectivity index (χ1) is 5.79. The van der Waals surface area contributed by atoms with Gasteiger partial charge in [-0.25, -0.2) is 0 Å². The van der Waals surface area contributed by atoms with Gasteiger partial charge < -0.3 is 4.74 Å². The molecule has 0 aliphatic rings. The van der Waals surface area contributed by atoms with Gasteiger partial charge in [0.25, 0.3) is 0 Å². The van der Waals surface area contributed by atoms with Crippen LogP contribution in [0.15, 0.2) is 28.7 Å². The Morgan fingerprint density at radius 3 is 2.58 bits per heavy atom. The zero-order chi connectivity index (χ0) is 8.97. The number of benzene rings is 1. The standard InChI is InChI=1S/C9H12BrNO/c1-11-9(12-2)7-5-3-4-6-8(7)10/h3-6,9,11H,1-2H3. The quantitative estimate of drug-likeness (QED) is 0.804. The Morgan fingerprint density at radius 1 is 1.42 bits per heavy atom. The maximum absolute atomic E-state index is 5.23. The average molecular weight is 230 g/mol. The van der Waals surface area contributed by atoms with E-state index in [2.05, 4.69) is 21.2 Å². The van der Waals surface area contributed by atoms with Crippen LogP contribution in [0.5, 0.6) is 0 Å². The lowest BCUT2D eigenvalue weighted by Gasteiger charge is -2.15. The first-order valence-corrected chi connectivity index (χ1v) is 4.53. The number of ether oxygens (including phenoxy) is 1. The first-order valence-electron chi connectivity index (χ1n) is 3.74. The van der Waals surface area contributed by atoms with Gasteiger partial charge in [-0.05, 0) is 13.1 Å². The van der Waals surface area contributed by atoms with Gasteiger partial charge in [0, 0.05) is 17.1 Å². The van der Waals surface area contributed by atoms with Crippen molar-refractivity contribution < 1.29 is 4.74 Å². The van der Waals surface area contributed by atoms with E-state index in [4.69, 9.17) is 4.74 Å². The molecule has 66 valence electrons. The predicted octanol–water partition coefficient (Wildman–Crippen LogP) is 2.31. The lowest BCUT2D eigenvalue weighted by molar-refractivity contribution is 0.0803. The maximum Gasteiger partial charge on any atom is 0.134 e. The molecule has 3 heteroatoms. The average Bonchev–Trinajstić information content (AvgIpc) is 2.10. The summed E-state index contributed by atoms with van der Waals surface area (Å²) in [5.41, 5.74) is 1.11. The molecule has 0 saturated heterocycles. The molecule has 0 fully saturated rings. The van der Waals surface area contributed by atoms with Crippen molar-refractivity contribution in [1.29, 1.82) is 0 Å². The van der Waals surface area contributed by atoms with Gasteiger partial charge in [-0.15, -0.1) is 0 Å². The third kappa shape index (κ3) is 2.06. The Balaban J connectivity index is 2.92. The lowest BCUT2D eigenvalue weighted by atomic mass is 10.2. The SMILES string of the molecule is CNC(OC)c1ccccc1Br. The van der Waals surface area contributed by atoms with Gasteiger partial charge in [0.1, 0.15) is 6.23 Å². The van der Waals surface area contributed by atoms with Crippen LogP contribution < -0.4 is 5.32 Å². The van der Waals surface area contributed by atoms with E-state index in [1.807, 2.05) is 31.3 Å². The van der Waals surface area contributed by atoms with E-state index in [0.29, 0.717) is 0 Å². The summed E-state index contributed by atoms with van der Waals surface area (Å²) in [7, 11) is 3.55. The van der Waals surface area contributed by atoms with Crippen LogP contribution in [-0.2, 0) is 4.74 Å². The summed E-state index contributed by atoms with van der Waals surface area (Å²) in [6.45, 7) is 0. The lowest BCUT2D eigenvalue weighted by Crippen LogP contribution is -2.18. The van der Waals surface area contributed by atoms with Crippen molar-refractivity contribution in [2.45, 2.75) is 6.23 Å². The second kappa shape index (κ2) is 4.60. The van der Waals surface area contributed by atoms with E-state index in [-0.39, 0.29) is 6.23 Å². The van der Waals surface area contributed by atoms with Crippen LogP contribution in [0.3, 0.4) is 0 Å². The molecule has 1 atom stereocenters. The number of rotatable bonds is 3. The fourth-order valence-electron chi connectivity index (χ4n) is 1.09. The first kappa shape index (κ1) is 9.71. The van der Waals surface area contributed by atoms with E-state index < -0.39 is 0 Å². The van der Waals surface area contributed by atoms with Crippen molar-refractivity contribution in [2.75, 3.05) is 14.2 Å². The zero-order valence-electron chi connectivity index (χ0n) is 7.17. The van der Waals surface area contributed by atoms with Gasteiger partial charge in [0.2, 0.25) is 0 Å². The molecule has 0 saturated carbocycles. The summed E-state index contributed by atoms with van der Waals surface area (Å²) in [6, 6.07) is 7.99. The van der Waals surface area contributed by atoms with Gasteiger partial charge in [-0.3, -0.25) is 5.32 Å². The normalized spacial score (nSPS) is 12.9. The Bertz CT molecular complexity index is 248. The van der Waals surface area contributed by atoms with Crippen molar-refractivity contribution in [1.82, 2.24) is 5.32 Å². The highest BCUT2D eigenvalue weighted by molar-refractivity contribution is 9.10. The summed E-state index contributed by atoms with van der Waals surface area (Å²) in [5, 5.41) is 3.06. The molecule has 0 amide bonds. The van der Waals surface area contributed by atoms with Gasteiger partial charge in [0.05, 0.1) is 0 Å². The number of methoxy groups -OCH3 is 1. The van der Waals surface area contributed by atoms with Crippen LogP contribution in [-0.4, -0.2) is 14.2 Å². The summed E-state index contributed by atoms with van der Waals surface area (Å²) in [6.07, 6.45) is -0.0411. The predicted molar refractivity (Wildman–Crippen MR) is 53.0 cm³/mol. The minimum atomic E-state index is -0.0411. The molecule has 0 aliphatic heterocycles. The molecule has 2 nitrogen and oxygen atoms in total. The molecule has 0 aliphatic carbocycles. The molecule has 1 aromatic carbocycles. The van der Waals surface area contributed by atoms with Crippen LogP contribution >= 0.6 is 15.9 Å². The second-order valence-corrected chi connectivity index (χ2v) is 3.28. The van der Waals surface area contributed by atoms with Crippen molar-refractivity contribution in [2.24, 2.45) is 0 Å². The van der Waals surface area contributed by atoms with Gasteiger partial charge in [0.15, 0.2) is 0 Å². The van der Waals surface area contributed by atoms with Crippen LogP contribution in [0, 0.1) is 0 Å². The molecule has 0 bridgehead atoms. The summed E-state index contributed by atoms with van der Waals surface area (Å²) < 4.78 is 6.29. The molecule has 0 spiro atoms. The molecule has 0 aromatic heterocycles. The number of nitrogens with one attached hydrogen (secondary N) is 1. The molecule has 0 radical (unpaired) electrons. The molecular weight excluding hydrogens is 218 g/mol. The van der Waals surface area contributed by atoms with E-state index in [1.165, 1.54) is 0 Å². The third-order valence-corrected chi connectivity index (χ3v) is 2.41. The summed E-state index contributed by atoms with van der Waals surface area (Å²) >= 11 is 3.46. The van der Waals surface area contributed by atoms with E-state index in [9.17, 15) is 0 Å². The van der Waals surface area contributed by atoms with Crippen molar-refractivity contribution in [3.8, 4) is 0 Å². The Labute approximate surface area is 81.1 Å². The smallest absolute Gasteiger partial charge is 0.134 e. The van der Waals surface area contributed by atoms with Crippen molar-refractivity contribution >= 4 is 15.9 Å². The minimum Gasteiger partial charge on any atom is -0.362 e. The molecule has 1 rings (SSSR count). The molecular formula is C9H12BrNO. The van der Waals surface area contributed by atoms with Crippen LogP contribution in [0.4, 0.5) is 0 Å². The monoisotopic (exact) mass is 229 g/mol. The highest BCUT2D eigenvalue weighted by Gasteiger charge is 2.09. The Kier molecular flexibility index (Phi) is 3.72. The fourth-order valence-corrected chi connectivity index (χ4v) is 1.58. The Hall–Kier alpha value is -0.380. The number of hydrogen-bond donors (Lipinski definition) is 1. The van der Waals surface area contributed by atoms with E-state index >= 15 is 0 Å². The van der Waals surface area contributed by atoms with E-state index in [1.54, 1.807) is 7.11 Å². The molecule has 1 aromatic rings. The third-order valence-electron chi connectivity index (χ3n) is 1.69. The number of halogens is 1. The van der Waals surface area contributed by atoms with Crippen LogP contribution in [0.25, 0.3) is 0 Å². The summed E-state index contributed by atoms with van der Waals surface area (Å²) in [5.74, 6) is 0. The minimum absolute atomic E-state index is 0.0411. The molecule has 1 unspecified atom stereocenters. The van der Waals surface area contributed by atoms with Crippen LogP contribution in [0.1, 0.15) is 11.8 Å². The fraction of sp³-hybridized carbons (Fsp3) is 0.333.